The lowest BCUT2D eigenvalue weighted by Gasteiger charge is -2.47. The second kappa shape index (κ2) is 4.17. The summed E-state index contributed by atoms with van der Waals surface area (Å²) < 4.78 is 0. The van der Waals surface area contributed by atoms with Gasteiger partial charge < -0.3 is 5.11 Å². The number of fused-ring (bicyclic) bond motifs is 2. The number of phenols is 1. The molecule has 2 bridgehead atoms. The molecule has 0 amide bonds. The zero-order valence-electron chi connectivity index (χ0n) is 10.3. The molecule has 2 aliphatic carbocycles. The molecule has 0 radical (unpaired) electrons. The number of nitrogens with zero attached hydrogens (tertiary/aromatic N) is 1. The van der Waals surface area contributed by atoms with Crippen molar-refractivity contribution in [3.8, 4) is 5.75 Å². The molecule has 0 saturated heterocycles. The maximum atomic E-state index is 9.91. The summed E-state index contributed by atoms with van der Waals surface area (Å²) in [5, 5.41) is 9.91. The summed E-state index contributed by atoms with van der Waals surface area (Å²) in [5.41, 5.74) is 1.78. The number of phenolic OH excluding ortho intramolecular Hbond substituents is 1. The lowest BCUT2D eigenvalue weighted by molar-refractivity contribution is 0.0790. The fourth-order valence-electron chi connectivity index (χ4n) is 3.27. The van der Waals surface area contributed by atoms with E-state index in [0.29, 0.717) is 11.8 Å². The predicted molar refractivity (Wildman–Crippen MR) is 69.7 cm³/mol. The average Bonchev–Trinajstić information content (AvgIpc) is 2.35. The van der Waals surface area contributed by atoms with Gasteiger partial charge in [0.1, 0.15) is 5.75 Å². The van der Waals surface area contributed by atoms with Crippen LogP contribution in [0, 0.1) is 18.8 Å². The van der Waals surface area contributed by atoms with Gasteiger partial charge in [0.15, 0.2) is 0 Å². The molecule has 2 nitrogen and oxygen atoms in total. The molecule has 2 fully saturated rings. The number of aromatic hydroxyl groups is 1. The molecular formula is C15H19NO. The Kier molecular flexibility index (Phi) is 2.65. The molecule has 0 aromatic heterocycles. The van der Waals surface area contributed by atoms with Crippen LogP contribution in [-0.2, 0) is 0 Å². The van der Waals surface area contributed by atoms with Crippen LogP contribution in [0.3, 0.4) is 0 Å². The summed E-state index contributed by atoms with van der Waals surface area (Å²) in [5.74, 6) is 2.01. The molecule has 0 heterocycles. The second-order valence-electron chi connectivity index (χ2n) is 5.47. The SMILES string of the molecule is Cc1cccc(C=NC2C3CCCC2C3)c1O. The van der Waals surface area contributed by atoms with Gasteiger partial charge in [-0.25, -0.2) is 0 Å². The van der Waals surface area contributed by atoms with E-state index in [4.69, 9.17) is 4.99 Å². The van der Waals surface area contributed by atoms with Gasteiger partial charge in [0, 0.05) is 11.8 Å². The minimum atomic E-state index is 0.376. The highest BCUT2D eigenvalue weighted by molar-refractivity contribution is 5.84. The number of aryl methyl sites for hydroxylation is 1. The van der Waals surface area contributed by atoms with Gasteiger partial charge in [-0.15, -0.1) is 0 Å². The first-order chi connectivity index (χ1) is 8.25. The second-order valence-corrected chi connectivity index (χ2v) is 5.47. The monoisotopic (exact) mass is 229 g/mol. The predicted octanol–water partition coefficient (Wildman–Crippen LogP) is 3.31. The van der Waals surface area contributed by atoms with Gasteiger partial charge in [-0.05, 0) is 49.7 Å². The Morgan fingerprint density at radius 2 is 2.06 bits per heavy atom. The highest BCUT2D eigenvalue weighted by Gasteiger charge is 2.43. The minimum absolute atomic E-state index is 0.376. The number of aliphatic imine (C=N–C) groups is 1. The lowest BCUT2D eigenvalue weighted by Crippen LogP contribution is -2.44. The molecule has 1 aromatic rings. The Balaban J connectivity index is 1.76. The van der Waals surface area contributed by atoms with Crippen LogP contribution in [0.4, 0.5) is 0 Å². The van der Waals surface area contributed by atoms with Crippen LogP contribution in [0.25, 0.3) is 0 Å². The molecule has 1 aromatic carbocycles. The molecule has 2 heteroatoms. The summed E-state index contributed by atoms with van der Waals surface area (Å²) in [7, 11) is 0. The van der Waals surface area contributed by atoms with Crippen molar-refractivity contribution in [2.45, 2.75) is 38.6 Å². The lowest BCUT2D eigenvalue weighted by atomic mass is 9.61. The van der Waals surface area contributed by atoms with E-state index in [2.05, 4.69) is 0 Å². The molecular weight excluding hydrogens is 210 g/mol. The number of hydrogen-bond donors (Lipinski definition) is 1. The third-order valence-electron chi connectivity index (χ3n) is 4.38. The first-order valence-electron chi connectivity index (χ1n) is 6.57. The Hall–Kier alpha value is -1.31. The average molecular weight is 229 g/mol. The highest BCUT2D eigenvalue weighted by atomic mass is 16.3. The van der Waals surface area contributed by atoms with Crippen LogP contribution in [0.2, 0.25) is 0 Å². The van der Waals surface area contributed by atoms with Gasteiger partial charge in [-0.3, -0.25) is 4.99 Å². The van der Waals surface area contributed by atoms with E-state index in [0.717, 1.165) is 23.0 Å². The molecule has 90 valence electrons. The maximum absolute atomic E-state index is 9.91. The fraction of sp³-hybridized carbons (Fsp3) is 0.533. The normalized spacial score (nSPS) is 31.5. The Morgan fingerprint density at radius 1 is 1.29 bits per heavy atom. The van der Waals surface area contributed by atoms with E-state index < -0.39 is 0 Å². The summed E-state index contributed by atoms with van der Waals surface area (Å²) in [4.78, 5) is 4.70. The summed E-state index contributed by atoms with van der Waals surface area (Å²) in [6.45, 7) is 1.92. The standard InChI is InChI=1S/C15H19NO/c1-10-4-2-7-13(15(10)17)9-16-14-11-5-3-6-12(14)8-11/h2,4,7,9,11-12,14,17H,3,5-6,8H2,1H3. The molecule has 17 heavy (non-hydrogen) atoms. The summed E-state index contributed by atoms with van der Waals surface area (Å²) >= 11 is 0. The number of para-hydroxylation sites is 1. The van der Waals surface area contributed by atoms with Gasteiger partial charge in [-0.1, -0.05) is 18.6 Å². The van der Waals surface area contributed by atoms with Crippen molar-refractivity contribution in [1.82, 2.24) is 0 Å². The quantitative estimate of drug-likeness (QED) is 0.775. The van der Waals surface area contributed by atoms with Gasteiger partial charge in [-0.2, -0.15) is 0 Å². The van der Waals surface area contributed by atoms with Crippen molar-refractivity contribution in [1.29, 1.82) is 0 Å². The molecule has 2 aliphatic rings. The largest absolute Gasteiger partial charge is 0.507 e. The van der Waals surface area contributed by atoms with E-state index >= 15 is 0 Å². The van der Waals surface area contributed by atoms with Gasteiger partial charge >= 0.3 is 0 Å². The van der Waals surface area contributed by atoms with Crippen LogP contribution < -0.4 is 0 Å². The topological polar surface area (TPSA) is 32.6 Å². The zero-order chi connectivity index (χ0) is 11.8. The Labute approximate surface area is 102 Å². The van der Waals surface area contributed by atoms with E-state index in [-0.39, 0.29) is 0 Å². The van der Waals surface area contributed by atoms with Crippen LogP contribution in [0.1, 0.15) is 36.8 Å². The summed E-state index contributed by atoms with van der Waals surface area (Å²) in [6, 6.07) is 6.35. The Bertz CT molecular complexity index is 438. The van der Waals surface area contributed by atoms with Crippen LogP contribution >= 0.6 is 0 Å². The van der Waals surface area contributed by atoms with Gasteiger partial charge in [0.25, 0.3) is 0 Å². The van der Waals surface area contributed by atoms with Crippen LogP contribution in [-0.4, -0.2) is 17.4 Å². The molecule has 2 atom stereocenters. The van der Waals surface area contributed by atoms with E-state index in [1.54, 1.807) is 0 Å². The van der Waals surface area contributed by atoms with E-state index in [1.165, 1.54) is 25.7 Å². The van der Waals surface area contributed by atoms with Crippen LogP contribution in [0.15, 0.2) is 23.2 Å². The third kappa shape index (κ3) is 1.86. The van der Waals surface area contributed by atoms with E-state index in [1.807, 2.05) is 31.3 Å². The smallest absolute Gasteiger partial charge is 0.127 e. The van der Waals surface area contributed by atoms with Crippen molar-refractivity contribution in [2.75, 3.05) is 0 Å². The molecule has 2 unspecified atom stereocenters. The first kappa shape index (κ1) is 10.8. The minimum Gasteiger partial charge on any atom is -0.507 e. The van der Waals surface area contributed by atoms with Crippen molar-refractivity contribution in [3.05, 3.63) is 29.3 Å². The van der Waals surface area contributed by atoms with Gasteiger partial charge in [0.2, 0.25) is 0 Å². The number of hydrogen-bond acceptors (Lipinski definition) is 2. The summed E-state index contributed by atoms with van der Waals surface area (Å²) in [6.07, 6.45) is 7.33. The molecule has 0 spiro atoms. The molecule has 2 saturated carbocycles. The van der Waals surface area contributed by atoms with Crippen molar-refractivity contribution in [3.63, 3.8) is 0 Å². The molecule has 1 N–H and O–H groups in total. The van der Waals surface area contributed by atoms with E-state index in [9.17, 15) is 5.11 Å². The molecule has 3 rings (SSSR count). The van der Waals surface area contributed by atoms with Crippen LogP contribution in [0.5, 0.6) is 5.75 Å². The number of rotatable bonds is 2. The van der Waals surface area contributed by atoms with Gasteiger partial charge in [0.05, 0.1) is 6.04 Å². The van der Waals surface area contributed by atoms with Crippen molar-refractivity contribution >= 4 is 6.21 Å². The highest BCUT2D eigenvalue weighted by Crippen LogP contribution is 2.47. The maximum Gasteiger partial charge on any atom is 0.127 e. The third-order valence-corrected chi connectivity index (χ3v) is 4.38. The van der Waals surface area contributed by atoms with Crippen molar-refractivity contribution < 1.29 is 5.11 Å². The Morgan fingerprint density at radius 3 is 2.76 bits per heavy atom. The van der Waals surface area contributed by atoms with Crippen molar-refractivity contribution in [2.24, 2.45) is 16.8 Å². The fourth-order valence-corrected chi connectivity index (χ4v) is 3.27. The first-order valence-corrected chi connectivity index (χ1v) is 6.57. The molecule has 0 aliphatic heterocycles. The zero-order valence-corrected chi connectivity index (χ0v) is 10.3. The number of benzene rings is 1.